The predicted molar refractivity (Wildman–Crippen MR) is 96.6 cm³/mol. The van der Waals surface area contributed by atoms with Gasteiger partial charge in [-0.1, -0.05) is 29.8 Å². The summed E-state index contributed by atoms with van der Waals surface area (Å²) < 4.78 is 0.702. The molecule has 0 bridgehead atoms. The van der Waals surface area contributed by atoms with Gasteiger partial charge in [-0.3, -0.25) is 9.59 Å². The molecule has 3 rings (SSSR count). The summed E-state index contributed by atoms with van der Waals surface area (Å²) in [6.45, 7) is 2.53. The molecule has 2 amide bonds. The van der Waals surface area contributed by atoms with Gasteiger partial charge >= 0.3 is 0 Å². The topological polar surface area (TPSA) is 40.6 Å². The zero-order valence-corrected chi connectivity index (χ0v) is 14.9. The van der Waals surface area contributed by atoms with Crippen molar-refractivity contribution >= 4 is 34.8 Å². The Kier molecular flexibility index (Phi) is 5.53. The average molecular weight is 363 g/mol. The van der Waals surface area contributed by atoms with Crippen molar-refractivity contribution in [3.8, 4) is 0 Å². The lowest BCUT2D eigenvalue weighted by atomic mass is 10.2. The first-order valence-corrected chi connectivity index (χ1v) is 9.19. The van der Waals surface area contributed by atoms with E-state index in [2.05, 4.69) is 0 Å². The number of benzene rings is 1. The van der Waals surface area contributed by atoms with E-state index >= 15 is 0 Å². The largest absolute Gasteiger partial charge is 0.341 e. The summed E-state index contributed by atoms with van der Waals surface area (Å²) in [7, 11) is 0. The van der Waals surface area contributed by atoms with Crippen molar-refractivity contribution in [2.45, 2.75) is 12.8 Å². The molecule has 0 spiro atoms. The highest BCUT2D eigenvalue weighted by atomic mass is 35.5. The molecule has 2 aromatic rings. The van der Waals surface area contributed by atoms with E-state index in [1.807, 2.05) is 52.3 Å². The number of hydrogen-bond donors (Lipinski definition) is 0. The van der Waals surface area contributed by atoms with E-state index in [1.165, 1.54) is 11.3 Å². The Hall–Kier alpha value is -1.85. The van der Waals surface area contributed by atoms with Gasteiger partial charge in [0.05, 0.1) is 10.8 Å². The first-order valence-electron chi connectivity index (χ1n) is 8.00. The van der Waals surface area contributed by atoms with Crippen molar-refractivity contribution in [1.82, 2.24) is 9.80 Å². The molecule has 1 aliphatic heterocycles. The standard InChI is InChI=1S/C18H19ClN2O2S/c19-16-8-7-15(24-16)13-17(22)20-9-4-10-21(12-11-20)18(23)14-5-2-1-3-6-14/h1-3,5-8H,4,9-13H2. The molecule has 126 valence electrons. The molecule has 2 heterocycles. The Bertz CT molecular complexity index is 717. The summed E-state index contributed by atoms with van der Waals surface area (Å²) in [5, 5.41) is 0. The van der Waals surface area contributed by atoms with Gasteiger partial charge < -0.3 is 9.80 Å². The van der Waals surface area contributed by atoms with E-state index in [0.29, 0.717) is 42.5 Å². The van der Waals surface area contributed by atoms with E-state index < -0.39 is 0 Å². The Balaban J connectivity index is 1.58. The molecule has 0 saturated carbocycles. The highest BCUT2D eigenvalue weighted by Gasteiger charge is 2.23. The predicted octanol–water partition coefficient (Wildman–Crippen LogP) is 3.32. The maximum Gasteiger partial charge on any atom is 0.253 e. The lowest BCUT2D eigenvalue weighted by Gasteiger charge is -2.22. The number of thiophene rings is 1. The van der Waals surface area contributed by atoms with Gasteiger partial charge in [0.25, 0.3) is 5.91 Å². The third kappa shape index (κ3) is 4.16. The van der Waals surface area contributed by atoms with Gasteiger partial charge in [0.1, 0.15) is 0 Å². The molecule has 24 heavy (non-hydrogen) atoms. The molecule has 1 aliphatic rings. The van der Waals surface area contributed by atoms with Crippen LogP contribution in [0.25, 0.3) is 0 Å². The Morgan fingerprint density at radius 1 is 0.958 bits per heavy atom. The first-order chi connectivity index (χ1) is 11.6. The van der Waals surface area contributed by atoms with Gasteiger partial charge in [-0.15, -0.1) is 11.3 Å². The molecule has 0 N–H and O–H groups in total. The lowest BCUT2D eigenvalue weighted by Crippen LogP contribution is -2.37. The summed E-state index contributed by atoms with van der Waals surface area (Å²) in [4.78, 5) is 29.7. The maximum atomic E-state index is 12.5. The minimum Gasteiger partial charge on any atom is -0.341 e. The monoisotopic (exact) mass is 362 g/mol. The lowest BCUT2D eigenvalue weighted by molar-refractivity contribution is -0.130. The summed E-state index contributed by atoms with van der Waals surface area (Å²) in [6, 6.07) is 13.0. The minimum absolute atomic E-state index is 0.0370. The van der Waals surface area contributed by atoms with E-state index in [0.717, 1.165) is 11.3 Å². The molecular weight excluding hydrogens is 344 g/mol. The Morgan fingerprint density at radius 2 is 1.67 bits per heavy atom. The number of hydrogen-bond acceptors (Lipinski definition) is 3. The van der Waals surface area contributed by atoms with Gasteiger partial charge in [-0.05, 0) is 30.7 Å². The summed E-state index contributed by atoms with van der Waals surface area (Å²) in [5.74, 6) is 0.137. The fourth-order valence-corrected chi connectivity index (χ4v) is 3.92. The van der Waals surface area contributed by atoms with Crippen LogP contribution < -0.4 is 0 Å². The molecule has 1 aromatic heterocycles. The number of nitrogens with zero attached hydrogens (tertiary/aromatic N) is 2. The first kappa shape index (κ1) is 17.0. The number of rotatable bonds is 3. The fraction of sp³-hybridized carbons (Fsp3) is 0.333. The van der Waals surface area contributed by atoms with Crippen molar-refractivity contribution < 1.29 is 9.59 Å². The number of amides is 2. The normalized spacial score (nSPS) is 15.2. The van der Waals surface area contributed by atoms with Gasteiger partial charge in [-0.2, -0.15) is 0 Å². The second-order valence-electron chi connectivity index (χ2n) is 5.78. The van der Waals surface area contributed by atoms with Crippen LogP contribution in [0.5, 0.6) is 0 Å². The molecule has 1 fully saturated rings. The summed E-state index contributed by atoms with van der Waals surface area (Å²) >= 11 is 7.36. The summed E-state index contributed by atoms with van der Waals surface area (Å²) in [5.41, 5.74) is 0.700. The molecule has 0 radical (unpaired) electrons. The molecular formula is C18H19ClN2O2S. The summed E-state index contributed by atoms with van der Waals surface area (Å²) in [6.07, 6.45) is 1.18. The smallest absolute Gasteiger partial charge is 0.253 e. The van der Waals surface area contributed by atoms with Gasteiger partial charge in [0.15, 0.2) is 0 Å². The van der Waals surface area contributed by atoms with Crippen LogP contribution in [0.2, 0.25) is 4.34 Å². The third-order valence-electron chi connectivity index (χ3n) is 4.11. The Labute approximate surface area is 150 Å². The number of carbonyl (C=O) groups excluding carboxylic acids is 2. The average Bonchev–Trinajstić information content (AvgIpc) is 2.86. The molecule has 4 nitrogen and oxygen atoms in total. The van der Waals surface area contributed by atoms with Crippen molar-refractivity contribution in [3.05, 3.63) is 57.2 Å². The molecule has 0 atom stereocenters. The molecule has 6 heteroatoms. The van der Waals surface area contributed by atoms with Crippen LogP contribution >= 0.6 is 22.9 Å². The van der Waals surface area contributed by atoms with Crippen LogP contribution in [0.1, 0.15) is 21.7 Å². The SMILES string of the molecule is O=C(Cc1ccc(Cl)s1)N1CCCN(C(=O)c2ccccc2)CC1. The molecule has 1 aromatic carbocycles. The zero-order valence-electron chi connectivity index (χ0n) is 13.3. The Morgan fingerprint density at radius 3 is 2.38 bits per heavy atom. The van der Waals surface area contributed by atoms with E-state index in [1.54, 1.807) is 0 Å². The number of halogens is 1. The highest BCUT2D eigenvalue weighted by molar-refractivity contribution is 7.16. The van der Waals surface area contributed by atoms with Crippen molar-refractivity contribution in [3.63, 3.8) is 0 Å². The third-order valence-corrected chi connectivity index (χ3v) is 5.34. The van der Waals surface area contributed by atoms with Crippen LogP contribution in [-0.2, 0) is 11.2 Å². The van der Waals surface area contributed by atoms with Gasteiger partial charge in [0.2, 0.25) is 5.91 Å². The van der Waals surface area contributed by atoms with Gasteiger partial charge in [-0.25, -0.2) is 0 Å². The van der Waals surface area contributed by atoms with Crippen molar-refractivity contribution in [2.75, 3.05) is 26.2 Å². The fourth-order valence-electron chi connectivity index (χ4n) is 2.84. The van der Waals surface area contributed by atoms with E-state index in [9.17, 15) is 9.59 Å². The van der Waals surface area contributed by atoms with E-state index in [-0.39, 0.29) is 11.8 Å². The quantitative estimate of drug-likeness (QED) is 0.840. The molecule has 0 unspecified atom stereocenters. The maximum absolute atomic E-state index is 12.5. The second kappa shape index (κ2) is 7.81. The zero-order chi connectivity index (χ0) is 16.9. The van der Waals surface area contributed by atoms with Crippen molar-refractivity contribution in [2.24, 2.45) is 0 Å². The second-order valence-corrected chi connectivity index (χ2v) is 7.57. The van der Waals surface area contributed by atoms with Crippen LogP contribution in [0.4, 0.5) is 0 Å². The number of carbonyl (C=O) groups is 2. The van der Waals surface area contributed by atoms with Crippen LogP contribution in [0.3, 0.4) is 0 Å². The van der Waals surface area contributed by atoms with Crippen LogP contribution in [0.15, 0.2) is 42.5 Å². The van der Waals surface area contributed by atoms with Crippen LogP contribution in [-0.4, -0.2) is 47.8 Å². The molecule has 1 saturated heterocycles. The molecule has 0 aliphatic carbocycles. The minimum atomic E-state index is 0.0370. The van der Waals surface area contributed by atoms with Crippen LogP contribution in [0, 0.1) is 0 Å². The van der Waals surface area contributed by atoms with Crippen molar-refractivity contribution in [1.29, 1.82) is 0 Å². The van der Waals surface area contributed by atoms with Gasteiger partial charge in [0, 0.05) is 36.6 Å². The van der Waals surface area contributed by atoms with E-state index in [4.69, 9.17) is 11.6 Å². The highest BCUT2D eigenvalue weighted by Crippen LogP contribution is 2.22.